The number of aryl methyl sites for hydroxylation is 1. The number of nitrogens with zero attached hydrogens (tertiary/aromatic N) is 2. The molecule has 5 rings (SSSR count). The summed E-state index contributed by atoms with van der Waals surface area (Å²) in [7, 11) is 0. The van der Waals surface area contributed by atoms with Crippen LogP contribution in [-0.2, 0) is 11.3 Å². The van der Waals surface area contributed by atoms with Gasteiger partial charge in [-0.1, -0.05) is 62.8 Å². The van der Waals surface area contributed by atoms with E-state index in [2.05, 4.69) is 35.1 Å². The zero-order chi connectivity index (χ0) is 24.0. The number of carbonyl (C=O) groups excluding carboxylic acids is 1. The average Bonchev–Trinajstić information content (AvgIpc) is 3.27. The van der Waals surface area contributed by atoms with Crippen molar-refractivity contribution in [2.45, 2.75) is 59.9 Å². The first kappa shape index (κ1) is 22.4. The molecule has 0 atom stereocenters. The number of aromatic nitrogens is 1. The van der Waals surface area contributed by atoms with Crippen molar-refractivity contribution in [1.29, 1.82) is 0 Å². The molecular formula is C30H32N2O2. The molecule has 0 saturated heterocycles. The van der Waals surface area contributed by atoms with E-state index in [0.717, 1.165) is 83.5 Å². The van der Waals surface area contributed by atoms with Crippen LogP contribution in [0.5, 0.6) is 0 Å². The Morgan fingerprint density at radius 1 is 0.882 bits per heavy atom. The van der Waals surface area contributed by atoms with Crippen molar-refractivity contribution in [3.63, 3.8) is 0 Å². The Morgan fingerprint density at radius 2 is 1.59 bits per heavy atom. The summed E-state index contributed by atoms with van der Waals surface area (Å²) in [5.74, 6) is -0.235. The minimum Gasteiger partial charge on any atom is -0.871 e. The van der Waals surface area contributed by atoms with Crippen molar-refractivity contribution >= 4 is 39.2 Å². The Kier molecular flexibility index (Phi) is 5.76. The number of allylic oxidation sites excluding steroid dienone is 3. The van der Waals surface area contributed by atoms with Gasteiger partial charge in [0, 0.05) is 59.3 Å². The van der Waals surface area contributed by atoms with Crippen molar-refractivity contribution < 1.29 is 14.5 Å². The van der Waals surface area contributed by atoms with Crippen LogP contribution in [0.3, 0.4) is 0 Å². The van der Waals surface area contributed by atoms with Gasteiger partial charge in [-0.2, -0.15) is 4.58 Å². The van der Waals surface area contributed by atoms with Crippen LogP contribution in [0.25, 0.3) is 22.0 Å². The highest BCUT2D eigenvalue weighted by molar-refractivity contribution is 6.46. The lowest BCUT2D eigenvalue weighted by Gasteiger charge is -2.32. The number of ketones is 1. The lowest BCUT2D eigenvalue weighted by Crippen LogP contribution is -2.31. The first-order valence-electron chi connectivity index (χ1n) is 12.5. The number of hydrogen-bond donors (Lipinski definition) is 0. The second-order valence-electron chi connectivity index (χ2n) is 9.37. The number of para-hydroxylation sites is 2. The summed E-state index contributed by atoms with van der Waals surface area (Å²) in [5.41, 5.74) is 7.53. The van der Waals surface area contributed by atoms with E-state index in [1.165, 1.54) is 0 Å². The van der Waals surface area contributed by atoms with Crippen LogP contribution in [0.2, 0.25) is 0 Å². The van der Waals surface area contributed by atoms with Gasteiger partial charge in [-0.05, 0) is 25.5 Å². The van der Waals surface area contributed by atoms with Gasteiger partial charge in [-0.15, -0.1) is 0 Å². The zero-order valence-corrected chi connectivity index (χ0v) is 20.6. The molecule has 4 nitrogen and oxygen atoms in total. The van der Waals surface area contributed by atoms with E-state index >= 15 is 0 Å². The summed E-state index contributed by atoms with van der Waals surface area (Å²) >= 11 is 0. The Hall–Kier alpha value is -3.40. The third-order valence-corrected chi connectivity index (χ3v) is 7.34. The molecule has 1 aliphatic heterocycles. The molecule has 0 bridgehead atoms. The number of Topliss-reactive ketones (excluding diaryl/α,β-unsaturated/α-hetero) is 1. The SMILES string of the molecule is CCCCn1c(C)c(C2=C([O-])/C(=C3/C(C)=[N+](CCCC)c4ccccc43)C2=O)c2ccccc21. The van der Waals surface area contributed by atoms with Crippen molar-refractivity contribution in [2.24, 2.45) is 0 Å². The van der Waals surface area contributed by atoms with Gasteiger partial charge >= 0.3 is 0 Å². The summed E-state index contributed by atoms with van der Waals surface area (Å²) < 4.78 is 4.53. The minimum absolute atomic E-state index is 0.118. The molecule has 3 aromatic rings. The van der Waals surface area contributed by atoms with Crippen molar-refractivity contribution in [1.82, 2.24) is 4.57 Å². The number of unbranched alkanes of at least 4 members (excludes halogenated alkanes) is 2. The highest BCUT2D eigenvalue weighted by Gasteiger charge is 2.40. The smallest absolute Gasteiger partial charge is 0.213 e. The van der Waals surface area contributed by atoms with Crippen molar-refractivity contribution in [3.8, 4) is 0 Å². The molecule has 2 aromatic carbocycles. The predicted octanol–water partition coefficient (Wildman–Crippen LogP) is 5.78. The molecule has 0 radical (unpaired) electrons. The van der Waals surface area contributed by atoms with E-state index < -0.39 is 0 Å². The van der Waals surface area contributed by atoms with Crippen LogP contribution < -0.4 is 5.11 Å². The Morgan fingerprint density at radius 3 is 2.32 bits per heavy atom. The van der Waals surface area contributed by atoms with Gasteiger partial charge in [0.25, 0.3) is 0 Å². The van der Waals surface area contributed by atoms with Crippen LogP contribution >= 0.6 is 0 Å². The number of carbonyl (C=O) groups is 1. The minimum atomic E-state index is -0.118. The number of benzene rings is 2. The summed E-state index contributed by atoms with van der Waals surface area (Å²) in [4.78, 5) is 13.7. The summed E-state index contributed by atoms with van der Waals surface area (Å²) in [5, 5.41) is 14.7. The predicted molar refractivity (Wildman–Crippen MR) is 137 cm³/mol. The molecule has 0 unspecified atom stereocenters. The van der Waals surface area contributed by atoms with Gasteiger partial charge < -0.3 is 9.67 Å². The fourth-order valence-electron chi connectivity index (χ4n) is 5.55. The fourth-order valence-corrected chi connectivity index (χ4v) is 5.55. The monoisotopic (exact) mass is 452 g/mol. The maximum atomic E-state index is 13.7. The van der Waals surface area contributed by atoms with Crippen LogP contribution in [0, 0.1) is 6.92 Å². The third-order valence-electron chi connectivity index (χ3n) is 7.34. The van der Waals surface area contributed by atoms with E-state index in [0.29, 0.717) is 11.1 Å². The molecule has 0 spiro atoms. The van der Waals surface area contributed by atoms with Gasteiger partial charge in [-0.3, -0.25) is 4.79 Å². The maximum Gasteiger partial charge on any atom is 0.213 e. The van der Waals surface area contributed by atoms with Crippen LogP contribution in [0.4, 0.5) is 5.69 Å². The van der Waals surface area contributed by atoms with Crippen LogP contribution in [-0.4, -0.2) is 27.2 Å². The van der Waals surface area contributed by atoms with E-state index in [9.17, 15) is 9.90 Å². The molecule has 1 aromatic heterocycles. The molecule has 0 N–H and O–H groups in total. The normalized spacial score (nSPS) is 17.7. The molecule has 34 heavy (non-hydrogen) atoms. The fraction of sp³-hybridized carbons (Fsp3) is 0.333. The standard InChI is InChI=1S/C30H32N2O2/c1-5-7-17-31-19(3)25(21-13-9-11-15-23(21)31)27-29(33)28(30(27)34)26-20(4)32(18-8-6-2)24-16-12-10-14-22(24)26/h9-16H,5-8,17-18H2,1-4H3. The van der Waals surface area contributed by atoms with Gasteiger partial charge in [0.2, 0.25) is 5.69 Å². The quantitative estimate of drug-likeness (QED) is 0.337. The van der Waals surface area contributed by atoms with Crippen molar-refractivity contribution in [3.05, 3.63) is 76.7 Å². The molecule has 0 saturated carbocycles. The Bertz CT molecular complexity index is 1410. The first-order chi connectivity index (χ1) is 16.5. The summed E-state index contributed by atoms with van der Waals surface area (Å²) in [6.07, 6.45) is 4.30. The maximum absolute atomic E-state index is 13.7. The largest absolute Gasteiger partial charge is 0.871 e. The second kappa shape index (κ2) is 8.75. The highest BCUT2D eigenvalue weighted by Crippen LogP contribution is 2.46. The molecule has 2 aliphatic rings. The molecule has 2 heterocycles. The zero-order valence-electron chi connectivity index (χ0n) is 20.6. The Balaban J connectivity index is 1.70. The number of fused-ring (bicyclic) bond motifs is 2. The van der Waals surface area contributed by atoms with E-state index in [1.807, 2.05) is 50.2 Å². The lowest BCUT2D eigenvalue weighted by atomic mass is 9.78. The van der Waals surface area contributed by atoms with Crippen molar-refractivity contribution in [2.75, 3.05) is 6.54 Å². The molecular weight excluding hydrogens is 420 g/mol. The first-order valence-corrected chi connectivity index (χ1v) is 12.5. The number of rotatable bonds is 7. The Labute approximate surface area is 201 Å². The third kappa shape index (κ3) is 3.19. The molecule has 4 heteroatoms. The molecule has 174 valence electrons. The average molecular weight is 453 g/mol. The lowest BCUT2D eigenvalue weighted by molar-refractivity contribution is -0.437. The van der Waals surface area contributed by atoms with Gasteiger partial charge in [0.15, 0.2) is 11.5 Å². The van der Waals surface area contributed by atoms with Crippen LogP contribution in [0.15, 0.2) is 59.9 Å². The molecule has 0 amide bonds. The van der Waals surface area contributed by atoms with Gasteiger partial charge in [0.05, 0.1) is 11.1 Å². The number of hydrogen-bond acceptors (Lipinski definition) is 2. The van der Waals surface area contributed by atoms with Crippen LogP contribution in [0.1, 0.15) is 63.3 Å². The van der Waals surface area contributed by atoms with E-state index in [1.54, 1.807) is 0 Å². The highest BCUT2D eigenvalue weighted by atomic mass is 16.3. The van der Waals surface area contributed by atoms with Gasteiger partial charge in [-0.25, -0.2) is 0 Å². The van der Waals surface area contributed by atoms with E-state index in [-0.39, 0.29) is 11.5 Å². The summed E-state index contributed by atoms with van der Waals surface area (Å²) in [6.45, 7) is 10.2. The van der Waals surface area contributed by atoms with Gasteiger partial charge in [0.1, 0.15) is 6.54 Å². The topological polar surface area (TPSA) is 48.1 Å². The molecule has 1 aliphatic carbocycles. The molecule has 0 fully saturated rings. The summed E-state index contributed by atoms with van der Waals surface area (Å²) in [6, 6.07) is 16.3. The van der Waals surface area contributed by atoms with E-state index in [4.69, 9.17) is 0 Å². The second-order valence-corrected chi connectivity index (χ2v) is 9.37.